The van der Waals surface area contributed by atoms with Gasteiger partial charge in [-0.1, -0.05) is 30.3 Å². The Balaban J connectivity index is 1.41. The minimum absolute atomic E-state index is 0.0967. The molecule has 0 aliphatic heterocycles. The first-order valence-electron chi connectivity index (χ1n) is 7.46. The molecule has 5 atom stereocenters. The largest absolute Gasteiger partial charge is 0.445 e. The van der Waals surface area contributed by atoms with Crippen LogP contribution in [0.5, 0.6) is 0 Å². The monoisotopic (exact) mass is 291 g/mol. The maximum atomic E-state index is 11.7. The van der Waals surface area contributed by atoms with Crippen LogP contribution in [0.1, 0.15) is 18.4 Å². The third-order valence-electron chi connectivity index (χ3n) is 4.78. The highest BCUT2D eigenvalue weighted by Gasteiger charge is 2.51. The number of rotatable bonds is 4. The van der Waals surface area contributed by atoms with E-state index in [1.807, 2.05) is 30.3 Å². The average molecular weight is 291 g/mol. The van der Waals surface area contributed by atoms with Crippen LogP contribution in [-0.2, 0) is 11.3 Å². The van der Waals surface area contributed by atoms with Gasteiger partial charge in [-0.3, -0.25) is 0 Å². The fourth-order valence-corrected chi connectivity index (χ4v) is 3.65. The van der Waals surface area contributed by atoms with Gasteiger partial charge in [-0.05, 0) is 36.2 Å². The molecule has 5 nitrogen and oxygen atoms in total. The second-order valence-corrected chi connectivity index (χ2v) is 6.08. The first kappa shape index (κ1) is 14.4. The normalized spacial score (nSPS) is 33.9. The van der Waals surface area contributed by atoms with Gasteiger partial charge in [0.15, 0.2) is 0 Å². The van der Waals surface area contributed by atoms with Crippen LogP contribution in [0.25, 0.3) is 0 Å². The number of carbonyl (C=O) groups is 1. The molecule has 1 amide bonds. The SMILES string of the molecule is O=C(NC[C@H]1C[C@@H]2C[C@H]1[C@@H](O)[C@H]2O)OCc1ccccc1. The minimum Gasteiger partial charge on any atom is -0.445 e. The summed E-state index contributed by atoms with van der Waals surface area (Å²) in [7, 11) is 0. The Morgan fingerprint density at radius 3 is 2.62 bits per heavy atom. The number of aliphatic hydroxyl groups is 2. The number of hydrogen-bond donors (Lipinski definition) is 3. The van der Waals surface area contributed by atoms with E-state index in [-0.39, 0.29) is 24.4 Å². The number of fused-ring (bicyclic) bond motifs is 2. The third-order valence-corrected chi connectivity index (χ3v) is 4.78. The molecule has 0 spiro atoms. The lowest BCUT2D eigenvalue weighted by Crippen LogP contribution is -2.41. The molecular formula is C16H21NO4. The predicted octanol–water partition coefficient (Wildman–Crippen LogP) is 1.29. The van der Waals surface area contributed by atoms with E-state index in [9.17, 15) is 15.0 Å². The first-order valence-corrected chi connectivity index (χ1v) is 7.46. The molecule has 3 rings (SSSR count). The zero-order valence-corrected chi connectivity index (χ0v) is 11.8. The molecule has 0 radical (unpaired) electrons. The maximum absolute atomic E-state index is 11.7. The van der Waals surface area contributed by atoms with Gasteiger partial charge in [0.2, 0.25) is 0 Å². The zero-order chi connectivity index (χ0) is 14.8. The molecule has 0 saturated heterocycles. The summed E-state index contributed by atoms with van der Waals surface area (Å²) in [4.78, 5) is 11.7. The van der Waals surface area contributed by atoms with Gasteiger partial charge in [0, 0.05) is 6.54 Å². The van der Waals surface area contributed by atoms with Crippen LogP contribution in [-0.4, -0.2) is 35.1 Å². The van der Waals surface area contributed by atoms with E-state index in [2.05, 4.69) is 5.32 Å². The van der Waals surface area contributed by atoms with Crippen molar-refractivity contribution in [2.45, 2.75) is 31.7 Å². The number of amides is 1. The Hall–Kier alpha value is -1.59. The lowest BCUT2D eigenvalue weighted by atomic mass is 9.85. The summed E-state index contributed by atoms with van der Waals surface area (Å²) in [6.45, 7) is 0.753. The van der Waals surface area contributed by atoms with Crippen LogP contribution in [0, 0.1) is 17.8 Å². The van der Waals surface area contributed by atoms with E-state index in [0.717, 1.165) is 18.4 Å². The van der Waals surface area contributed by atoms with Gasteiger partial charge in [-0.25, -0.2) is 4.79 Å². The van der Waals surface area contributed by atoms with Crippen molar-refractivity contribution in [1.82, 2.24) is 5.32 Å². The van der Waals surface area contributed by atoms with E-state index < -0.39 is 18.3 Å². The number of carbonyl (C=O) groups excluding carboxylic acids is 1. The summed E-state index contributed by atoms with van der Waals surface area (Å²) in [6, 6.07) is 9.53. The molecule has 0 unspecified atom stereocenters. The highest BCUT2D eigenvalue weighted by Crippen LogP contribution is 2.48. The summed E-state index contributed by atoms with van der Waals surface area (Å²) in [5, 5.41) is 22.4. The topological polar surface area (TPSA) is 78.8 Å². The smallest absolute Gasteiger partial charge is 0.407 e. The fourth-order valence-electron chi connectivity index (χ4n) is 3.65. The summed E-state index contributed by atoms with van der Waals surface area (Å²) >= 11 is 0. The number of hydrogen-bond acceptors (Lipinski definition) is 4. The molecule has 2 aliphatic rings. The van der Waals surface area contributed by atoms with Crippen molar-refractivity contribution in [3.63, 3.8) is 0 Å². The van der Waals surface area contributed by atoms with Gasteiger partial charge in [-0.15, -0.1) is 0 Å². The molecule has 2 saturated carbocycles. The second-order valence-electron chi connectivity index (χ2n) is 6.08. The highest BCUT2D eigenvalue weighted by molar-refractivity contribution is 5.67. The Bertz CT molecular complexity index is 490. The predicted molar refractivity (Wildman–Crippen MR) is 76.3 cm³/mol. The van der Waals surface area contributed by atoms with Crippen LogP contribution in [0.2, 0.25) is 0 Å². The highest BCUT2D eigenvalue weighted by atomic mass is 16.5. The molecule has 1 aromatic carbocycles. The molecule has 0 aromatic heterocycles. The van der Waals surface area contributed by atoms with Gasteiger partial charge in [0.25, 0.3) is 0 Å². The molecule has 114 valence electrons. The lowest BCUT2D eigenvalue weighted by Gasteiger charge is -2.29. The minimum atomic E-state index is -0.643. The molecule has 3 N–H and O–H groups in total. The number of aliphatic hydroxyl groups excluding tert-OH is 2. The van der Waals surface area contributed by atoms with Crippen molar-refractivity contribution in [3.05, 3.63) is 35.9 Å². The third kappa shape index (κ3) is 3.04. The van der Waals surface area contributed by atoms with Gasteiger partial charge in [0.1, 0.15) is 6.61 Å². The Labute approximate surface area is 123 Å². The summed E-state index contributed by atoms with van der Waals surface area (Å²) in [5.74, 6) is 0.509. The lowest BCUT2D eigenvalue weighted by molar-refractivity contribution is -0.0333. The van der Waals surface area contributed by atoms with Crippen molar-refractivity contribution in [2.24, 2.45) is 17.8 Å². The van der Waals surface area contributed by atoms with Crippen molar-refractivity contribution in [3.8, 4) is 0 Å². The quantitative estimate of drug-likeness (QED) is 0.781. The van der Waals surface area contributed by atoms with E-state index >= 15 is 0 Å². The van der Waals surface area contributed by atoms with Crippen LogP contribution in [0.15, 0.2) is 30.3 Å². The molecule has 2 bridgehead atoms. The van der Waals surface area contributed by atoms with Gasteiger partial charge < -0.3 is 20.3 Å². The van der Waals surface area contributed by atoms with Crippen LogP contribution in [0.4, 0.5) is 4.79 Å². The first-order chi connectivity index (χ1) is 10.1. The van der Waals surface area contributed by atoms with E-state index in [1.54, 1.807) is 0 Å². The van der Waals surface area contributed by atoms with Crippen LogP contribution >= 0.6 is 0 Å². The van der Waals surface area contributed by atoms with E-state index in [0.29, 0.717) is 6.54 Å². The summed E-state index contributed by atoms with van der Waals surface area (Å²) in [6.07, 6.45) is 0.0547. The van der Waals surface area contributed by atoms with Crippen LogP contribution < -0.4 is 5.32 Å². The van der Waals surface area contributed by atoms with Crippen LogP contribution in [0.3, 0.4) is 0 Å². The second kappa shape index (κ2) is 6.03. The standard InChI is InChI=1S/C16H21NO4/c18-14-11-6-12(13(7-11)15(14)19)8-17-16(20)21-9-10-4-2-1-3-5-10/h1-5,11-15,18-19H,6-9H2,(H,17,20)/t11-,12-,13-,14+,15-/m1/s1. The molecule has 21 heavy (non-hydrogen) atoms. The van der Waals surface area contributed by atoms with Crippen molar-refractivity contribution >= 4 is 6.09 Å². The Kier molecular flexibility index (Phi) is 4.12. The van der Waals surface area contributed by atoms with E-state index in [1.165, 1.54) is 0 Å². The number of alkyl carbamates (subject to hydrolysis) is 1. The van der Waals surface area contributed by atoms with Gasteiger partial charge in [0.05, 0.1) is 12.2 Å². The zero-order valence-electron chi connectivity index (χ0n) is 11.8. The number of benzene rings is 1. The molecule has 2 fully saturated rings. The number of nitrogens with one attached hydrogen (secondary N) is 1. The molecule has 1 aromatic rings. The van der Waals surface area contributed by atoms with Gasteiger partial charge in [-0.2, -0.15) is 0 Å². The summed E-state index contributed by atoms with van der Waals surface area (Å²) < 4.78 is 5.15. The Morgan fingerprint density at radius 1 is 1.19 bits per heavy atom. The molecule has 5 heteroatoms. The van der Waals surface area contributed by atoms with Gasteiger partial charge >= 0.3 is 6.09 Å². The molecule has 0 heterocycles. The van der Waals surface area contributed by atoms with E-state index in [4.69, 9.17) is 4.74 Å². The maximum Gasteiger partial charge on any atom is 0.407 e. The molecular weight excluding hydrogens is 270 g/mol. The summed E-state index contributed by atoms with van der Waals surface area (Å²) in [5.41, 5.74) is 0.950. The number of ether oxygens (including phenoxy) is 1. The molecule has 2 aliphatic carbocycles. The van der Waals surface area contributed by atoms with Crippen molar-refractivity contribution < 1.29 is 19.7 Å². The van der Waals surface area contributed by atoms with Crippen molar-refractivity contribution in [1.29, 1.82) is 0 Å². The van der Waals surface area contributed by atoms with Crippen molar-refractivity contribution in [2.75, 3.05) is 6.54 Å². The fraction of sp³-hybridized carbons (Fsp3) is 0.562. The average Bonchev–Trinajstić information content (AvgIpc) is 3.04. The Morgan fingerprint density at radius 2 is 1.95 bits per heavy atom.